The Morgan fingerprint density at radius 1 is 1.39 bits per heavy atom. The van der Waals surface area contributed by atoms with Crippen LogP contribution >= 0.6 is 0 Å². The first-order valence-electron chi connectivity index (χ1n) is 6.15. The lowest BCUT2D eigenvalue weighted by molar-refractivity contribution is 0.232. The molecule has 0 aromatic carbocycles. The van der Waals surface area contributed by atoms with E-state index in [1.54, 1.807) is 12.3 Å². The molecule has 6 heteroatoms. The highest BCUT2D eigenvalue weighted by molar-refractivity contribution is 7.89. The lowest BCUT2D eigenvalue weighted by Crippen LogP contribution is -2.41. The molecule has 0 spiro atoms. The zero-order chi connectivity index (χ0) is 13.6. The summed E-state index contributed by atoms with van der Waals surface area (Å²) in [5.74, 6) is 0. The lowest BCUT2D eigenvalue weighted by atomic mass is 10.3. The third-order valence-electron chi connectivity index (χ3n) is 2.95. The highest BCUT2D eigenvalue weighted by atomic mass is 32.2. The summed E-state index contributed by atoms with van der Waals surface area (Å²) in [5.41, 5.74) is 0. The van der Waals surface area contributed by atoms with Crippen LogP contribution in [-0.4, -0.2) is 44.0 Å². The number of likely N-dealkylation sites (N-methyl/N-ethyl adjacent to an activating group) is 1. The van der Waals surface area contributed by atoms with Gasteiger partial charge in [-0.1, -0.05) is 13.8 Å². The summed E-state index contributed by atoms with van der Waals surface area (Å²) in [5, 5.41) is 0. The molecule has 0 radical (unpaired) electrons. The van der Waals surface area contributed by atoms with Crippen molar-refractivity contribution in [1.82, 2.24) is 14.6 Å². The summed E-state index contributed by atoms with van der Waals surface area (Å²) in [6.07, 6.45) is 2.90. The molecule has 1 heterocycles. The van der Waals surface area contributed by atoms with Crippen molar-refractivity contribution in [2.75, 3.05) is 19.6 Å². The minimum atomic E-state index is -3.44. The molecule has 0 aliphatic heterocycles. The molecule has 0 unspecified atom stereocenters. The largest absolute Gasteiger partial charge is 0.300 e. The maximum Gasteiger partial charge on any atom is 0.242 e. The molecule has 0 aliphatic rings. The topological polar surface area (TPSA) is 62.3 Å². The first-order valence-corrected chi connectivity index (χ1v) is 7.63. The van der Waals surface area contributed by atoms with Gasteiger partial charge in [0, 0.05) is 25.0 Å². The second-order valence-electron chi connectivity index (χ2n) is 4.11. The fourth-order valence-corrected chi connectivity index (χ4v) is 2.88. The van der Waals surface area contributed by atoms with E-state index in [9.17, 15) is 8.42 Å². The fourth-order valence-electron chi connectivity index (χ4n) is 1.80. The predicted octanol–water partition coefficient (Wildman–Crippen LogP) is 1.09. The van der Waals surface area contributed by atoms with Gasteiger partial charge in [0.1, 0.15) is 4.90 Å². The van der Waals surface area contributed by atoms with Crippen LogP contribution in [0, 0.1) is 0 Å². The molecule has 1 rings (SSSR count). The van der Waals surface area contributed by atoms with Crippen LogP contribution in [0.1, 0.15) is 20.8 Å². The van der Waals surface area contributed by atoms with Gasteiger partial charge in [0.15, 0.2) is 0 Å². The van der Waals surface area contributed by atoms with Crippen LogP contribution in [0.4, 0.5) is 0 Å². The van der Waals surface area contributed by atoms with Gasteiger partial charge in [-0.15, -0.1) is 0 Å². The van der Waals surface area contributed by atoms with Gasteiger partial charge in [-0.05, 0) is 32.1 Å². The number of hydrogen-bond donors (Lipinski definition) is 1. The monoisotopic (exact) mass is 271 g/mol. The number of rotatable bonds is 7. The highest BCUT2D eigenvalue weighted by Crippen LogP contribution is 2.06. The Bertz CT molecular complexity index is 444. The normalized spacial score (nSPS) is 13.8. The molecule has 0 amide bonds. The van der Waals surface area contributed by atoms with Gasteiger partial charge in [-0.2, -0.15) is 0 Å². The molecule has 18 heavy (non-hydrogen) atoms. The fraction of sp³-hybridized carbons (Fsp3) is 0.583. The number of nitrogens with one attached hydrogen (secondary N) is 1. The van der Waals surface area contributed by atoms with Gasteiger partial charge < -0.3 is 0 Å². The first kappa shape index (κ1) is 15.1. The smallest absolute Gasteiger partial charge is 0.242 e. The zero-order valence-corrected chi connectivity index (χ0v) is 11.9. The number of sulfonamides is 1. The second-order valence-corrected chi connectivity index (χ2v) is 5.88. The summed E-state index contributed by atoms with van der Waals surface area (Å²) < 4.78 is 26.5. The van der Waals surface area contributed by atoms with Gasteiger partial charge >= 0.3 is 0 Å². The van der Waals surface area contributed by atoms with E-state index in [0.29, 0.717) is 6.54 Å². The first-order chi connectivity index (χ1) is 8.51. The van der Waals surface area contributed by atoms with E-state index in [2.05, 4.69) is 28.5 Å². The summed E-state index contributed by atoms with van der Waals surface area (Å²) in [6.45, 7) is 8.36. The number of aromatic nitrogens is 1. The molecule has 1 N–H and O–H groups in total. The van der Waals surface area contributed by atoms with Crippen molar-refractivity contribution in [3.63, 3.8) is 0 Å². The van der Waals surface area contributed by atoms with Crippen LogP contribution < -0.4 is 4.72 Å². The Labute approximate surface area is 109 Å². The van der Waals surface area contributed by atoms with Crippen molar-refractivity contribution < 1.29 is 8.42 Å². The Morgan fingerprint density at radius 2 is 2.06 bits per heavy atom. The van der Waals surface area contributed by atoms with E-state index in [1.165, 1.54) is 12.3 Å². The summed E-state index contributed by atoms with van der Waals surface area (Å²) in [4.78, 5) is 6.22. The van der Waals surface area contributed by atoms with E-state index < -0.39 is 10.0 Å². The molecule has 0 saturated carbocycles. The highest BCUT2D eigenvalue weighted by Gasteiger charge is 2.17. The third kappa shape index (κ3) is 4.04. The molecule has 0 saturated heterocycles. The Balaban J connectivity index is 2.63. The van der Waals surface area contributed by atoms with Crippen LogP contribution in [0.25, 0.3) is 0 Å². The van der Waals surface area contributed by atoms with E-state index in [0.717, 1.165) is 13.1 Å². The van der Waals surface area contributed by atoms with Crippen molar-refractivity contribution in [3.8, 4) is 0 Å². The van der Waals surface area contributed by atoms with Crippen molar-refractivity contribution in [3.05, 3.63) is 24.5 Å². The predicted molar refractivity (Wildman–Crippen MR) is 71.8 cm³/mol. The van der Waals surface area contributed by atoms with E-state index >= 15 is 0 Å². The van der Waals surface area contributed by atoms with Crippen LogP contribution in [0.2, 0.25) is 0 Å². The van der Waals surface area contributed by atoms with E-state index in [1.807, 2.05) is 6.92 Å². The van der Waals surface area contributed by atoms with Gasteiger partial charge in [0.05, 0.1) is 0 Å². The van der Waals surface area contributed by atoms with Gasteiger partial charge in [-0.25, -0.2) is 13.1 Å². The molecular weight excluding hydrogens is 250 g/mol. The minimum Gasteiger partial charge on any atom is -0.300 e. The van der Waals surface area contributed by atoms with Crippen molar-refractivity contribution in [2.45, 2.75) is 31.7 Å². The third-order valence-corrected chi connectivity index (χ3v) is 4.36. The molecule has 1 aromatic heterocycles. The second kappa shape index (κ2) is 6.82. The Hall–Kier alpha value is -0.980. The van der Waals surface area contributed by atoms with Crippen LogP contribution in [0.15, 0.2) is 29.4 Å². The number of hydrogen-bond acceptors (Lipinski definition) is 4. The summed E-state index contributed by atoms with van der Waals surface area (Å²) in [7, 11) is -3.44. The molecule has 5 nitrogen and oxygen atoms in total. The molecule has 102 valence electrons. The minimum absolute atomic E-state index is 0.173. The number of pyridine rings is 1. The maximum absolute atomic E-state index is 12.0. The summed E-state index contributed by atoms with van der Waals surface area (Å²) >= 11 is 0. The Kier molecular flexibility index (Phi) is 5.71. The summed E-state index contributed by atoms with van der Waals surface area (Å²) in [6, 6.07) is 3.33. The SMILES string of the molecule is CCN(CC)[C@@H](C)CNS(=O)(=O)c1cccnc1. The molecule has 1 atom stereocenters. The quantitative estimate of drug-likeness (QED) is 0.806. The van der Waals surface area contributed by atoms with Gasteiger partial charge in [0.2, 0.25) is 10.0 Å². The van der Waals surface area contributed by atoms with Crippen LogP contribution in [-0.2, 0) is 10.0 Å². The molecule has 0 bridgehead atoms. The van der Waals surface area contributed by atoms with Crippen LogP contribution in [0.5, 0.6) is 0 Å². The van der Waals surface area contributed by atoms with Crippen molar-refractivity contribution in [2.24, 2.45) is 0 Å². The number of nitrogens with zero attached hydrogens (tertiary/aromatic N) is 2. The average Bonchev–Trinajstić information content (AvgIpc) is 2.39. The maximum atomic E-state index is 12.0. The molecule has 0 fully saturated rings. The van der Waals surface area contributed by atoms with E-state index in [4.69, 9.17) is 0 Å². The van der Waals surface area contributed by atoms with E-state index in [-0.39, 0.29) is 10.9 Å². The standard InChI is InChI=1S/C12H21N3O2S/c1-4-15(5-2)11(3)9-14-18(16,17)12-7-6-8-13-10-12/h6-8,10-11,14H,4-5,9H2,1-3H3/t11-/m0/s1. The van der Waals surface area contributed by atoms with Crippen molar-refractivity contribution in [1.29, 1.82) is 0 Å². The van der Waals surface area contributed by atoms with Crippen LogP contribution in [0.3, 0.4) is 0 Å². The van der Waals surface area contributed by atoms with Gasteiger partial charge in [0.25, 0.3) is 0 Å². The van der Waals surface area contributed by atoms with Crippen molar-refractivity contribution >= 4 is 10.0 Å². The molecule has 0 aliphatic carbocycles. The zero-order valence-electron chi connectivity index (χ0n) is 11.1. The molecular formula is C12H21N3O2S. The van der Waals surface area contributed by atoms with Gasteiger partial charge in [-0.3, -0.25) is 9.88 Å². The molecule has 1 aromatic rings. The Morgan fingerprint density at radius 3 is 2.56 bits per heavy atom. The lowest BCUT2D eigenvalue weighted by Gasteiger charge is -2.26. The average molecular weight is 271 g/mol.